The second kappa shape index (κ2) is 6.65. The predicted octanol–water partition coefficient (Wildman–Crippen LogP) is -0.413. The van der Waals surface area contributed by atoms with Crippen molar-refractivity contribution in [1.29, 1.82) is 0 Å². The third kappa shape index (κ3) is 5.12. The van der Waals surface area contributed by atoms with E-state index < -0.39 is 18.0 Å². The summed E-state index contributed by atoms with van der Waals surface area (Å²) < 4.78 is 4.95. The van der Waals surface area contributed by atoms with Gasteiger partial charge in [-0.05, 0) is 12.0 Å². The molecule has 0 bridgehead atoms. The minimum absolute atomic E-state index is 0.0238. The van der Waals surface area contributed by atoms with Crippen molar-refractivity contribution in [3.05, 3.63) is 35.9 Å². The maximum atomic E-state index is 11.3. The van der Waals surface area contributed by atoms with Gasteiger partial charge in [-0.15, -0.1) is 0 Å². The van der Waals surface area contributed by atoms with Gasteiger partial charge >= 0.3 is 5.97 Å². The molecular formula is C12H14NO4-. The number of carbonyl (C=O) groups is 2. The van der Waals surface area contributed by atoms with E-state index in [4.69, 9.17) is 10.5 Å². The van der Waals surface area contributed by atoms with Gasteiger partial charge < -0.3 is 20.4 Å². The van der Waals surface area contributed by atoms with E-state index in [1.165, 1.54) is 0 Å². The molecule has 92 valence electrons. The molecule has 5 nitrogen and oxygen atoms in total. The largest absolute Gasteiger partial charge is 0.548 e. The fourth-order valence-corrected chi connectivity index (χ4v) is 1.20. The van der Waals surface area contributed by atoms with Crippen LogP contribution >= 0.6 is 0 Å². The molecule has 1 atom stereocenters. The van der Waals surface area contributed by atoms with Crippen LogP contribution < -0.4 is 10.8 Å². The lowest BCUT2D eigenvalue weighted by Crippen LogP contribution is -2.42. The number of benzene rings is 1. The highest BCUT2D eigenvalue weighted by atomic mass is 16.5. The van der Waals surface area contributed by atoms with Crippen molar-refractivity contribution < 1.29 is 19.4 Å². The lowest BCUT2D eigenvalue weighted by molar-refractivity contribution is -0.307. The van der Waals surface area contributed by atoms with Crippen molar-refractivity contribution in [1.82, 2.24) is 0 Å². The fraction of sp³-hybridized carbons (Fsp3) is 0.333. The van der Waals surface area contributed by atoms with Crippen LogP contribution in [0.15, 0.2) is 30.3 Å². The highest BCUT2D eigenvalue weighted by Crippen LogP contribution is 2.03. The summed E-state index contributed by atoms with van der Waals surface area (Å²) in [7, 11) is 0. The first-order valence-electron chi connectivity index (χ1n) is 5.25. The number of esters is 1. The number of nitrogens with two attached hydrogens (primary N) is 1. The van der Waals surface area contributed by atoms with E-state index in [-0.39, 0.29) is 19.4 Å². The Morgan fingerprint density at radius 3 is 2.53 bits per heavy atom. The highest BCUT2D eigenvalue weighted by molar-refractivity contribution is 5.73. The smallest absolute Gasteiger partial charge is 0.306 e. The predicted molar refractivity (Wildman–Crippen MR) is 58.5 cm³/mol. The molecule has 0 aliphatic carbocycles. The molecule has 5 heteroatoms. The van der Waals surface area contributed by atoms with Gasteiger partial charge in [0.25, 0.3) is 0 Å². The first-order chi connectivity index (χ1) is 8.09. The Labute approximate surface area is 99.2 Å². The van der Waals surface area contributed by atoms with E-state index in [1.54, 1.807) is 0 Å². The molecule has 0 aliphatic rings. The molecule has 1 rings (SSSR count). The third-order valence-corrected chi connectivity index (χ3v) is 2.20. The van der Waals surface area contributed by atoms with Crippen LogP contribution in [0.25, 0.3) is 0 Å². The zero-order valence-electron chi connectivity index (χ0n) is 9.30. The Kier molecular flexibility index (Phi) is 5.16. The Morgan fingerprint density at radius 2 is 1.94 bits per heavy atom. The SMILES string of the molecule is N[C@H](CCC(=O)OCc1ccccc1)C(=O)[O-]. The molecule has 1 aromatic carbocycles. The summed E-state index contributed by atoms with van der Waals surface area (Å²) in [4.78, 5) is 21.6. The number of hydrogen-bond donors (Lipinski definition) is 1. The van der Waals surface area contributed by atoms with E-state index in [2.05, 4.69) is 0 Å². The van der Waals surface area contributed by atoms with Gasteiger partial charge in [0.05, 0.1) is 5.97 Å². The molecule has 0 aromatic heterocycles. The van der Waals surface area contributed by atoms with Gasteiger partial charge in [-0.1, -0.05) is 30.3 Å². The molecule has 0 unspecified atom stereocenters. The lowest BCUT2D eigenvalue weighted by Gasteiger charge is -2.11. The second-order valence-electron chi connectivity index (χ2n) is 3.61. The highest BCUT2D eigenvalue weighted by Gasteiger charge is 2.08. The average molecular weight is 236 g/mol. The molecule has 0 saturated heterocycles. The first-order valence-corrected chi connectivity index (χ1v) is 5.25. The van der Waals surface area contributed by atoms with E-state index in [9.17, 15) is 14.7 Å². The van der Waals surface area contributed by atoms with Gasteiger partial charge in [-0.2, -0.15) is 0 Å². The fourth-order valence-electron chi connectivity index (χ4n) is 1.20. The van der Waals surface area contributed by atoms with Crippen molar-refractivity contribution in [2.75, 3.05) is 0 Å². The van der Waals surface area contributed by atoms with Gasteiger partial charge in [0.1, 0.15) is 6.61 Å². The molecular weight excluding hydrogens is 222 g/mol. The minimum atomic E-state index is -1.36. The van der Waals surface area contributed by atoms with Gasteiger partial charge in [0.2, 0.25) is 0 Å². The Hall–Kier alpha value is -1.88. The minimum Gasteiger partial charge on any atom is -0.548 e. The van der Waals surface area contributed by atoms with Crippen molar-refractivity contribution in [2.45, 2.75) is 25.5 Å². The van der Waals surface area contributed by atoms with E-state index in [0.29, 0.717) is 0 Å². The van der Waals surface area contributed by atoms with Crippen molar-refractivity contribution >= 4 is 11.9 Å². The third-order valence-electron chi connectivity index (χ3n) is 2.20. The van der Waals surface area contributed by atoms with E-state index >= 15 is 0 Å². The van der Waals surface area contributed by atoms with Crippen LogP contribution in [0.4, 0.5) is 0 Å². The molecule has 2 N–H and O–H groups in total. The van der Waals surface area contributed by atoms with Crippen LogP contribution in [0, 0.1) is 0 Å². The molecule has 0 saturated carbocycles. The Morgan fingerprint density at radius 1 is 1.29 bits per heavy atom. The first kappa shape index (κ1) is 13.2. The van der Waals surface area contributed by atoms with E-state index in [1.807, 2.05) is 30.3 Å². The standard InChI is InChI=1S/C12H15NO4/c13-10(12(15)16)6-7-11(14)17-8-9-4-2-1-3-5-9/h1-5,10H,6-8,13H2,(H,15,16)/p-1/t10-/m1/s1. The topological polar surface area (TPSA) is 92.5 Å². The normalized spacial score (nSPS) is 11.8. The summed E-state index contributed by atoms with van der Waals surface area (Å²) in [6.45, 7) is 0.181. The van der Waals surface area contributed by atoms with Crippen LogP contribution in [0.3, 0.4) is 0 Å². The summed E-state index contributed by atoms with van der Waals surface area (Å²) >= 11 is 0. The number of aliphatic carboxylic acids is 1. The number of carboxylic acids is 1. The summed E-state index contributed by atoms with van der Waals surface area (Å²) in [5, 5.41) is 10.3. The maximum Gasteiger partial charge on any atom is 0.306 e. The van der Waals surface area contributed by atoms with E-state index in [0.717, 1.165) is 5.56 Å². The van der Waals surface area contributed by atoms with Crippen LogP contribution in [-0.2, 0) is 20.9 Å². The summed E-state index contributed by atoms with van der Waals surface area (Å²) in [5.74, 6) is -1.83. The molecule has 0 aliphatic heterocycles. The van der Waals surface area contributed by atoms with Crippen LogP contribution in [0.1, 0.15) is 18.4 Å². The maximum absolute atomic E-state index is 11.3. The van der Waals surface area contributed by atoms with Crippen molar-refractivity contribution in [3.63, 3.8) is 0 Å². The molecule has 0 radical (unpaired) electrons. The number of ether oxygens (including phenoxy) is 1. The summed E-state index contributed by atoms with van der Waals surface area (Å²) in [6.07, 6.45) is -0.00205. The molecule has 0 fully saturated rings. The number of carbonyl (C=O) groups excluding carboxylic acids is 2. The summed E-state index contributed by atoms with van der Waals surface area (Å²) in [6, 6.07) is 8.09. The Balaban J connectivity index is 2.24. The van der Waals surface area contributed by atoms with Gasteiger partial charge in [-0.3, -0.25) is 4.79 Å². The van der Waals surface area contributed by atoms with Crippen LogP contribution in [0.5, 0.6) is 0 Å². The van der Waals surface area contributed by atoms with Gasteiger partial charge in [-0.25, -0.2) is 0 Å². The number of hydrogen-bond acceptors (Lipinski definition) is 5. The van der Waals surface area contributed by atoms with Crippen LogP contribution in [0.2, 0.25) is 0 Å². The molecule has 0 spiro atoms. The monoisotopic (exact) mass is 236 g/mol. The number of rotatable bonds is 6. The quantitative estimate of drug-likeness (QED) is 0.677. The van der Waals surface area contributed by atoms with Gasteiger partial charge in [0.15, 0.2) is 0 Å². The molecule has 1 aromatic rings. The van der Waals surface area contributed by atoms with Crippen molar-refractivity contribution in [2.24, 2.45) is 5.73 Å². The molecule has 0 heterocycles. The molecule has 17 heavy (non-hydrogen) atoms. The average Bonchev–Trinajstić information content (AvgIpc) is 2.34. The Bertz CT molecular complexity index is 377. The second-order valence-corrected chi connectivity index (χ2v) is 3.61. The zero-order chi connectivity index (χ0) is 12.7. The zero-order valence-corrected chi connectivity index (χ0v) is 9.30. The van der Waals surface area contributed by atoms with Gasteiger partial charge in [0, 0.05) is 12.5 Å². The number of carboxylic acid groups (broad SMARTS) is 1. The van der Waals surface area contributed by atoms with Crippen molar-refractivity contribution in [3.8, 4) is 0 Å². The lowest BCUT2D eigenvalue weighted by atomic mass is 10.2. The summed E-state index contributed by atoms with van der Waals surface area (Å²) in [5.41, 5.74) is 6.08. The molecule has 0 amide bonds. The van der Waals surface area contributed by atoms with Crippen LogP contribution in [-0.4, -0.2) is 18.0 Å².